The molecule has 0 radical (unpaired) electrons. The van der Waals surface area contributed by atoms with Gasteiger partial charge in [0.15, 0.2) is 0 Å². The topological polar surface area (TPSA) is 79.2 Å². The van der Waals surface area contributed by atoms with Crippen LogP contribution in [0.2, 0.25) is 0 Å². The van der Waals surface area contributed by atoms with Crippen molar-refractivity contribution in [3.05, 3.63) is 62.3 Å². The first-order valence-electron chi connectivity index (χ1n) is 6.15. The van der Waals surface area contributed by atoms with Crippen LogP contribution < -0.4 is 16.7 Å². The lowest BCUT2D eigenvalue weighted by molar-refractivity contribution is 0.803. The summed E-state index contributed by atoms with van der Waals surface area (Å²) in [5, 5.41) is 4.19. The third kappa shape index (κ3) is 3.03. The third-order valence-corrected chi connectivity index (χ3v) is 2.97. The predicted molar refractivity (Wildman–Crippen MR) is 79.3 cm³/mol. The van der Waals surface area contributed by atoms with E-state index in [9.17, 15) is 9.59 Å². The molecule has 0 spiro atoms. The van der Waals surface area contributed by atoms with Crippen LogP contribution in [0.5, 0.6) is 0 Å². The second-order valence-electron chi connectivity index (χ2n) is 4.56. The third-order valence-electron chi connectivity index (χ3n) is 2.97. The Kier molecular flexibility index (Phi) is 3.84. The second kappa shape index (κ2) is 5.56. The molecule has 2 N–H and O–H groups in total. The SMILES string of the molecule is CC(=NNc1cc(=O)[nH]c(=O)n1C)c1ccc(C)cc1. The van der Waals surface area contributed by atoms with Crippen LogP contribution in [0, 0.1) is 6.92 Å². The molecule has 0 aliphatic heterocycles. The maximum absolute atomic E-state index is 11.4. The monoisotopic (exact) mass is 272 g/mol. The van der Waals surface area contributed by atoms with Gasteiger partial charge in [-0.1, -0.05) is 29.8 Å². The van der Waals surface area contributed by atoms with Crippen molar-refractivity contribution in [3.8, 4) is 0 Å². The number of hydrogen-bond acceptors (Lipinski definition) is 4. The molecule has 2 rings (SSSR count). The molecular formula is C14H16N4O2. The van der Waals surface area contributed by atoms with E-state index in [1.54, 1.807) is 7.05 Å². The fourth-order valence-corrected chi connectivity index (χ4v) is 1.66. The van der Waals surface area contributed by atoms with Gasteiger partial charge in [0.1, 0.15) is 5.82 Å². The summed E-state index contributed by atoms with van der Waals surface area (Å²) >= 11 is 0. The van der Waals surface area contributed by atoms with Crippen molar-refractivity contribution in [2.24, 2.45) is 12.1 Å². The molecule has 1 aromatic carbocycles. The first kappa shape index (κ1) is 13.8. The lowest BCUT2D eigenvalue weighted by Gasteiger charge is -2.07. The summed E-state index contributed by atoms with van der Waals surface area (Å²) in [7, 11) is 1.55. The van der Waals surface area contributed by atoms with E-state index >= 15 is 0 Å². The zero-order valence-electron chi connectivity index (χ0n) is 11.6. The predicted octanol–water partition coefficient (Wildman–Crippen LogP) is 1.22. The Bertz CT molecular complexity index is 754. The Morgan fingerprint density at radius 1 is 1.25 bits per heavy atom. The van der Waals surface area contributed by atoms with E-state index in [0.717, 1.165) is 11.3 Å². The summed E-state index contributed by atoms with van der Waals surface area (Å²) in [6.07, 6.45) is 0. The molecule has 2 aromatic rings. The van der Waals surface area contributed by atoms with Gasteiger partial charge in [-0.2, -0.15) is 5.10 Å². The second-order valence-corrected chi connectivity index (χ2v) is 4.56. The van der Waals surface area contributed by atoms with Crippen molar-refractivity contribution in [1.29, 1.82) is 0 Å². The summed E-state index contributed by atoms with van der Waals surface area (Å²) in [4.78, 5) is 24.9. The Morgan fingerprint density at radius 3 is 2.55 bits per heavy atom. The zero-order chi connectivity index (χ0) is 14.7. The normalized spacial score (nSPS) is 11.4. The number of anilines is 1. The molecule has 104 valence electrons. The van der Waals surface area contributed by atoms with Gasteiger partial charge in [-0.05, 0) is 19.4 Å². The summed E-state index contributed by atoms with van der Waals surface area (Å²) in [5.41, 5.74) is 4.70. The smallest absolute Gasteiger partial charge is 0.282 e. The molecule has 0 atom stereocenters. The van der Waals surface area contributed by atoms with Crippen molar-refractivity contribution in [1.82, 2.24) is 9.55 Å². The molecular weight excluding hydrogens is 256 g/mol. The van der Waals surface area contributed by atoms with E-state index in [0.29, 0.717) is 5.82 Å². The first-order valence-corrected chi connectivity index (χ1v) is 6.15. The van der Waals surface area contributed by atoms with Gasteiger partial charge in [0.05, 0.1) is 5.71 Å². The lowest BCUT2D eigenvalue weighted by atomic mass is 10.1. The van der Waals surface area contributed by atoms with Gasteiger partial charge in [-0.3, -0.25) is 19.8 Å². The summed E-state index contributed by atoms with van der Waals surface area (Å²) in [5.74, 6) is 0.338. The number of aryl methyl sites for hydroxylation is 1. The highest BCUT2D eigenvalue weighted by Gasteiger charge is 2.02. The van der Waals surface area contributed by atoms with Gasteiger partial charge < -0.3 is 0 Å². The minimum atomic E-state index is -0.483. The Balaban J connectivity index is 2.27. The molecule has 0 saturated carbocycles. The number of rotatable bonds is 3. The molecule has 0 aliphatic rings. The average Bonchev–Trinajstić information content (AvgIpc) is 2.41. The van der Waals surface area contributed by atoms with Crippen molar-refractivity contribution in [2.75, 3.05) is 5.43 Å². The molecule has 0 fully saturated rings. The van der Waals surface area contributed by atoms with E-state index in [1.807, 2.05) is 38.1 Å². The minimum Gasteiger partial charge on any atom is -0.282 e. The van der Waals surface area contributed by atoms with Crippen LogP contribution in [0.3, 0.4) is 0 Å². The largest absolute Gasteiger partial charge is 0.329 e. The summed E-state index contributed by atoms with van der Waals surface area (Å²) in [6, 6.07) is 9.21. The quantitative estimate of drug-likeness (QED) is 0.651. The van der Waals surface area contributed by atoms with E-state index in [1.165, 1.54) is 16.2 Å². The molecule has 0 bridgehead atoms. The lowest BCUT2D eigenvalue weighted by Crippen LogP contribution is -2.29. The fraction of sp³-hybridized carbons (Fsp3) is 0.214. The van der Waals surface area contributed by atoms with Crippen LogP contribution in [-0.4, -0.2) is 15.3 Å². The maximum atomic E-state index is 11.4. The molecule has 1 aromatic heterocycles. The van der Waals surface area contributed by atoms with Crippen molar-refractivity contribution < 1.29 is 0 Å². The molecule has 20 heavy (non-hydrogen) atoms. The minimum absolute atomic E-state index is 0.338. The van der Waals surface area contributed by atoms with Crippen LogP contribution in [0.15, 0.2) is 45.0 Å². The molecule has 6 heteroatoms. The maximum Gasteiger partial charge on any atom is 0.329 e. The van der Waals surface area contributed by atoms with Crippen molar-refractivity contribution in [2.45, 2.75) is 13.8 Å². The van der Waals surface area contributed by atoms with Gasteiger partial charge in [0.25, 0.3) is 5.56 Å². The van der Waals surface area contributed by atoms with E-state index < -0.39 is 11.2 Å². The average molecular weight is 272 g/mol. The van der Waals surface area contributed by atoms with Gasteiger partial charge in [0, 0.05) is 13.1 Å². The van der Waals surface area contributed by atoms with Gasteiger partial charge in [-0.25, -0.2) is 4.79 Å². The Hall–Kier alpha value is -2.63. The van der Waals surface area contributed by atoms with Crippen LogP contribution in [0.1, 0.15) is 18.1 Å². The number of benzene rings is 1. The van der Waals surface area contributed by atoms with Crippen molar-refractivity contribution in [3.63, 3.8) is 0 Å². The van der Waals surface area contributed by atoms with E-state index in [2.05, 4.69) is 15.5 Å². The van der Waals surface area contributed by atoms with Crippen LogP contribution >= 0.6 is 0 Å². The highest BCUT2D eigenvalue weighted by atomic mass is 16.2. The van der Waals surface area contributed by atoms with Gasteiger partial charge in [-0.15, -0.1) is 0 Å². The summed E-state index contributed by atoms with van der Waals surface area (Å²) in [6.45, 7) is 3.86. The molecule has 1 heterocycles. The standard InChI is InChI=1S/C14H16N4O2/c1-9-4-6-11(7-5-9)10(2)16-17-12-8-13(19)15-14(20)18(12)3/h4-8,17H,1-3H3,(H,15,19,20). The number of aromatic amines is 1. The first-order chi connectivity index (χ1) is 9.47. The number of nitrogens with zero attached hydrogens (tertiary/aromatic N) is 2. The summed E-state index contributed by atoms with van der Waals surface area (Å²) < 4.78 is 1.29. The van der Waals surface area contributed by atoms with Crippen LogP contribution in [0.25, 0.3) is 0 Å². The number of nitrogens with one attached hydrogen (secondary N) is 2. The highest BCUT2D eigenvalue weighted by molar-refractivity contribution is 5.99. The van der Waals surface area contributed by atoms with Crippen molar-refractivity contribution >= 4 is 11.5 Å². The number of aromatic nitrogens is 2. The molecule has 0 unspecified atom stereocenters. The highest BCUT2D eigenvalue weighted by Crippen LogP contribution is 2.05. The zero-order valence-corrected chi connectivity index (χ0v) is 11.6. The van der Waals surface area contributed by atoms with Crippen LogP contribution in [0.4, 0.5) is 5.82 Å². The van der Waals surface area contributed by atoms with Gasteiger partial charge in [0.2, 0.25) is 0 Å². The molecule has 0 saturated heterocycles. The van der Waals surface area contributed by atoms with Crippen LogP contribution in [-0.2, 0) is 7.05 Å². The Labute approximate surface area is 115 Å². The van der Waals surface area contributed by atoms with E-state index in [4.69, 9.17) is 0 Å². The van der Waals surface area contributed by atoms with Gasteiger partial charge >= 0.3 is 5.69 Å². The molecule has 0 aliphatic carbocycles. The van der Waals surface area contributed by atoms with E-state index in [-0.39, 0.29) is 0 Å². The molecule has 6 nitrogen and oxygen atoms in total. The number of hydrogen-bond donors (Lipinski definition) is 2. The number of H-pyrrole nitrogens is 1. The number of hydrazone groups is 1. The molecule has 0 amide bonds. The Morgan fingerprint density at radius 2 is 1.90 bits per heavy atom. The fourth-order valence-electron chi connectivity index (χ4n) is 1.66.